The summed E-state index contributed by atoms with van der Waals surface area (Å²) < 4.78 is 87.6. The molecule has 1 aliphatic carbocycles. The number of benzene rings is 2. The van der Waals surface area contributed by atoms with E-state index in [-0.39, 0.29) is 30.5 Å². The van der Waals surface area contributed by atoms with Gasteiger partial charge in [0.25, 0.3) is 0 Å². The van der Waals surface area contributed by atoms with Crippen LogP contribution in [-0.4, -0.2) is 35.2 Å². The van der Waals surface area contributed by atoms with Crippen LogP contribution in [0.15, 0.2) is 59.2 Å². The number of anilines is 1. The summed E-state index contributed by atoms with van der Waals surface area (Å²) in [5, 5.41) is 20.3. The average Bonchev–Trinajstić information content (AvgIpc) is 3.20. The lowest BCUT2D eigenvalue weighted by Gasteiger charge is -2.44. The molecule has 2 amide bonds. The molecule has 0 spiro atoms. The Balaban J connectivity index is 1.49. The van der Waals surface area contributed by atoms with Gasteiger partial charge in [-0.05, 0) is 85.8 Å². The fraction of sp³-hybridized carbons (Fsp3) is 0.438. The summed E-state index contributed by atoms with van der Waals surface area (Å²) >= 11 is 0. The van der Waals surface area contributed by atoms with E-state index in [1.54, 1.807) is 24.3 Å². The van der Waals surface area contributed by atoms with E-state index < -0.39 is 72.0 Å². The second-order valence-corrected chi connectivity index (χ2v) is 12.3. The predicted molar refractivity (Wildman–Crippen MR) is 155 cm³/mol. The summed E-state index contributed by atoms with van der Waals surface area (Å²) in [4.78, 5) is 28.0. The number of fused-ring (bicyclic) bond motifs is 3. The highest BCUT2D eigenvalue weighted by atomic mass is 19.4. The molecular weight excluding hydrogens is 603 g/mol. The summed E-state index contributed by atoms with van der Waals surface area (Å²) in [6.45, 7) is 5.72. The van der Waals surface area contributed by atoms with Crippen molar-refractivity contribution in [2.24, 2.45) is 23.7 Å². The van der Waals surface area contributed by atoms with Gasteiger partial charge in [-0.25, -0.2) is 4.90 Å². The minimum absolute atomic E-state index is 0.0460. The van der Waals surface area contributed by atoms with Crippen LogP contribution in [0.3, 0.4) is 0 Å². The lowest BCUT2D eigenvalue weighted by molar-refractivity contribution is -0.143. The number of aromatic hydroxyl groups is 1. The van der Waals surface area contributed by atoms with Gasteiger partial charge in [0.1, 0.15) is 5.75 Å². The number of nitrogens with zero attached hydrogens (tertiary/aromatic N) is 1. The van der Waals surface area contributed by atoms with Crippen LogP contribution < -0.4 is 4.90 Å². The quantitative estimate of drug-likeness (QED) is 0.151. The van der Waals surface area contributed by atoms with E-state index >= 15 is 0 Å². The van der Waals surface area contributed by atoms with Crippen LogP contribution in [0.25, 0.3) is 6.08 Å². The minimum atomic E-state index is -5.15. The summed E-state index contributed by atoms with van der Waals surface area (Å²) in [7, 11) is -1.29. The SMILES string of the molecule is C/C(=C\c1ccc(O)cc1)CC[C@H]1OB(O)C[C@H]2C1=C(C(C)C)C[C@H]1C(=O)N(c3cc(C(F)(F)F)cc(C(F)(F)F)c3)C(=O)[C@H]12. The van der Waals surface area contributed by atoms with Crippen LogP contribution in [-0.2, 0) is 26.6 Å². The molecule has 2 N–H and O–H groups in total. The molecule has 13 heteroatoms. The maximum atomic E-state index is 13.9. The second-order valence-electron chi connectivity index (χ2n) is 12.3. The smallest absolute Gasteiger partial charge is 0.455 e. The first-order valence-corrected chi connectivity index (χ1v) is 14.7. The fourth-order valence-corrected chi connectivity index (χ4v) is 6.86. The Morgan fingerprint density at radius 2 is 1.60 bits per heavy atom. The fourth-order valence-electron chi connectivity index (χ4n) is 6.86. The number of hydrogen-bond donors (Lipinski definition) is 2. The van der Waals surface area contributed by atoms with Crippen molar-refractivity contribution in [1.29, 1.82) is 0 Å². The summed E-state index contributed by atoms with van der Waals surface area (Å²) in [5.74, 6) is -4.50. The molecule has 4 atom stereocenters. The van der Waals surface area contributed by atoms with E-state index in [1.165, 1.54) is 0 Å². The third-order valence-corrected chi connectivity index (χ3v) is 8.88. The molecule has 0 aromatic heterocycles. The number of allylic oxidation sites excluding steroid dienone is 2. The zero-order chi connectivity index (χ0) is 33.0. The van der Waals surface area contributed by atoms with Crippen LogP contribution >= 0.6 is 0 Å². The highest BCUT2D eigenvalue weighted by Crippen LogP contribution is 2.53. The summed E-state index contributed by atoms with van der Waals surface area (Å²) in [6.07, 6.45) is -7.98. The van der Waals surface area contributed by atoms with Crippen molar-refractivity contribution >= 4 is 30.7 Å². The van der Waals surface area contributed by atoms with Crippen molar-refractivity contribution in [3.8, 4) is 5.75 Å². The van der Waals surface area contributed by atoms with Crippen LogP contribution in [0, 0.1) is 23.7 Å². The molecule has 2 aromatic rings. The van der Waals surface area contributed by atoms with Crippen molar-refractivity contribution in [3.63, 3.8) is 0 Å². The Kier molecular flexibility index (Phi) is 8.73. The molecule has 5 rings (SSSR count). The molecule has 2 saturated heterocycles. The van der Waals surface area contributed by atoms with Gasteiger partial charge in [-0.1, -0.05) is 43.2 Å². The number of alkyl halides is 6. The minimum Gasteiger partial charge on any atom is -0.508 e. The van der Waals surface area contributed by atoms with E-state index in [0.717, 1.165) is 22.3 Å². The van der Waals surface area contributed by atoms with Crippen molar-refractivity contribution in [2.75, 3.05) is 4.90 Å². The monoisotopic (exact) mass is 635 g/mol. The van der Waals surface area contributed by atoms with E-state index in [4.69, 9.17) is 4.65 Å². The van der Waals surface area contributed by atoms with Crippen LogP contribution in [0.2, 0.25) is 6.32 Å². The molecule has 0 radical (unpaired) electrons. The number of amides is 2. The number of hydrogen-bond acceptors (Lipinski definition) is 5. The third kappa shape index (κ3) is 6.55. The Hall–Kier alpha value is -3.58. The van der Waals surface area contributed by atoms with Gasteiger partial charge in [-0.15, -0.1) is 0 Å². The molecular formula is C32H32BF6NO5. The van der Waals surface area contributed by atoms with Crippen molar-refractivity contribution in [2.45, 2.75) is 64.8 Å². The van der Waals surface area contributed by atoms with Crippen LogP contribution in [0.1, 0.15) is 56.7 Å². The number of imide groups is 1. The molecule has 2 aromatic carbocycles. The molecule has 6 nitrogen and oxygen atoms in total. The molecule has 2 fully saturated rings. The lowest BCUT2D eigenvalue weighted by atomic mass is 9.57. The van der Waals surface area contributed by atoms with Gasteiger partial charge < -0.3 is 14.8 Å². The van der Waals surface area contributed by atoms with Gasteiger partial charge in [-0.3, -0.25) is 9.59 Å². The molecule has 240 valence electrons. The number of carbonyl (C=O) groups excluding carboxylic acids is 2. The number of phenolic OH excluding ortho intramolecular Hbond substituents is 1. The van der Waals surface area contributed by atoms with Gasteiger partial charge in [-0.2, -0.15) is 26.3 Å². The molecule has 0 saturated carbocycles. The highest BCUT2D eigenvalue weighted by Gasteiger charge is 2.58. The highest BCUT2D eigenvalue weighted by molar-refractivity contribution is 6.43. The largest absolute Gasteiger partial charge is 0.508 e. The molecule has 0 unspecified atom stereocenters. The number of halogens is 6. The number of rotatable bonds is 6. The zero-order valence-corrected chi connectivity index (χ0v) is 24.7. The van der Waals surface area contributed by atoms with E-state index in [2.05, 4.69) is 0 Å². The van der Waals surface area contributed by atoms with E-state index in [9.17, 15) is 46.1 Å². The Morgan fingerprint density at radius 3 is 2.16 bits per heavy atom. The maximum absolute atomic E-state index is 13.9. The predicted octanol–water partition coefficient (Wildman–Crippen LogP) is 7.27. The third-order valence-electron chi connectivity index (χ3n) is 8.88. The van der Waals surface area contributed by atoms with Crippen LogP contribution in [0.5, 0.6) is 5.75 Å². The van der Waals surface area contributed by atoms with Crippen molar-refractivity contribution in [1.82, 2.24) is 0 Å². The summed E-state index contributed by atoms with van der Waals surface area (Å²) in [5.41, 5.74) is -0.589. The van der Waals surface area contributed by atoms with E-state index in [1.807, 2.05) is 26.8 Å². The normalized spacial score (nSPS) is 24.5. The number of carbonyl (C=O) groups is 2. The maximum Gasteiger partial charge on any atom is 0.455 e. The first-order valence-electron chi connectivity index (χ1n) is 14.7. The Bertz CT molecular complexity index is 1520. The molecule has 0 bridgehead atoms. The second kappa shape index (κ2) is 12.0. The summed E-state index contributed by atoms with van der Waals surface area (Å²) in [6, 6.07) is 7.38. The van der Waals surface area contributed by atoms with Crippen molar-refractivity contribution < 1.29 is 50.7 Å². The molecule has 2 aliphatic heterocycles. The molecule has 3 aliphatic rings. The molecule has 2 heterocycles. The topological polar surface area (TPSA) is 87.1 Å². The zero-order valence-electron chi connectivity index (χ0n) is 24.7. The van der Waals surface area contributed by atoms with Gasteiger partial charge in [0, 0.05) is 0 Å². The first-order chi connectivity index (χ1) is 21.0. The van der Waals surface area contributed by atoms with Gasteiger partial charge in [0.05, 0.1) is 34.8 Å². The van der Waals surface area contributed by atoms with Gasteiger partial charge >= 0.3 is 19.5 Å². The lowest BCUT2D eigenvalue weighted by Crippen LogP contribution is -2.46. The Morgan fingerprint density at radius 1 is 1.00 bits per heavy atom. The Labute approximate surface area is 256 Å². The van der Waals surface area contributed by atoms with Gasteiger partial charge in [0.15, 0.2) is 0 Å². The van der Waals surface area contributed by atoms with Crippen LogP contribution in [0.4, 0.5) is 32.0 Å². The first kappa shape index (κ1) is 32.8. The molecule has 45 heavy (non-hydrogen) atoms. The van der Waals surface area contributed by atoms with E-state index in [0.29, 0.717) is 29.9 Å². The van der Waals surface area contributed by atoms with Gasteiger partial charge in [0.2, 0.25) is 11.8 Å². The standard InChI is InChI=1S/C32H32BF6NO5/c1-16(2)23-14-24-28(30(43)40(29(24)42)21-12-19(31(34,35)36)11-20(13-21)32(37,38)39)25-15-33(44)45-26(27(23)25)9-4-17(3)10-18-5-7-22(41)8-6-18/h5-8,10-13,16,24-26,28,41,44H,4,9,14-15H2,1-3H3/b17-10+/t24-,25+,26-,28-/m1/s1. The van der Waals surface area contributed by atoms with Crippen molar-refractivity contribution in [3.05, 3.63) is 75.9 Å². The average molecular weight is 635 g/mol. The number of phenols is 1.